The van der Waals surface area contributed by atoms with Gasteiger partial charge in [0.2, 0.25) is 0 Å². The van der Waals surface area contributed by atoms with E-state index in [4.69, 9.17) is 5.11 Å². The lowest BCUT2D eigenvalue weighted by atomic mass is 9.96. The van der Waals surface area contributed by atoms with Crippen LogP contribution >= 0.6 is 0 Å². The van der Waals surface area contributed by atoms with Gasteiger partial charge in [-0.3, -0.25) is 9.78 Å². The van der Waals surface area contributed by atoms with E-state index >= 15 is 0 Å². The van der Waals surface area contributed by atoms with Crippen LogP contribution in [0.3, 0.4) is 0 Å². The summed E-state index contributed by atoms with van der Waals surface area (Å²) in [5.41, 5.74) is 0.612. The highest BCUT2D eigenvalue weighted by atomic mass is 16.4. The first-order chi connectivity index (χ1) is 9.16. The molecule has 19 heavy (non-hydrogen) atoms. The van der Waals surface area contributed by atoms with Crippen molar-refractivity contribution in [1.82, 2.24) is 10.3 Å². The second kappa shape index (κ2) is 6.17. The average molecular weight is 263 g/mol. The molecule has 2 unspecified atom stereocenters. The molecule has 0 spiro atoms. The van der Waals surface area contributed by atoms with Crippen molar-refractivity contribution in [2.24, 2.45) is 11.8 Å². The predicted octanol–water partition coefficient (Wildman–Crippen LogP) is 1.70. The Hall–Kier alpha value is -2.11. The number of carbonyl (C=O) groups is 2. The average Bonchev–Trinajstić information content (AvgIpc) is 2.86. The lowest BCUT2D eigenvalue weighted by Crippen LogP contribution is -2.35. The van der Waals surface area contributed by atoms with Gasteiger partial charge in [-0.1, -0.05) is 6.42 Å². The van der Waals surface area contributed by atoms with E-state index in [9.17, 15) is 9.59 Å². The Labute approximate surface area is 111 Å². The molecular weight excluding hydrogens is 246 g/mol. The third kappa shape index (κ3) is 3.67. The van der Waals surface area contributed by atoms with Gasteiger partial charge in [-0.05, 0) is 30.9 Å². The number of amides is 2. The Morgan fingerprint density at radius 1 is 1.42 bits per heavy atom. The summed E-state index contributed by atoms with van der Waals surface area (Å²) in [7, 11) is 0. The van der Waals surface area contributed by atoms with Gasteiger partial charge >= 0.3 is 12.0 Å². The lowest BCUT2D eigenvalue weighted by molar-refractivity contribution is -0.142. The summed E-state index contributed by atoms with van der Waals surface area (Å²) in [6, 6.07) is 3.14. The number of hydrogen-bond acceptors (Lipinski definition) is 3. The van der Waals surface area contributed by atoms with Gasteiger partial charge in [-0.25, -0.2) is 4.79 Å². The van der Waals surface area contributed by atoms with Gasteiger partial charge in [0.15, 0.2) is 0 Å². The number of carbonyl (C=O) groups excluding carboxylic acids is 1. The number of urea groups is 1. The number of carboxylic acid groups (broad SMARTS) is 1. The molecule has 102 valence electrons. The van der Waals surface area contributed by atoms with E-state index in [-0.39, 0.29) is 17.9 Å². The molecule has 0 saturated heterocycles. The Bertz CT molecular complexity index is 450. The van der Waals surface area contributed by atoms with Crippen LogP contribution in [0.4, 0.5) is 10.5 Å². The second-order valence-electron chi connectivity index (χ2n) is 4.71. The SMILES string of the molecule is O=C(NCC1CCCC1C(=O)O)Nc1cccnc1. The first-order valence-corrected chi connectivity index (χ1v) is 6.34. The van der Waals surface area contributed by atoms with Gasteiger partial charge in [-0.2, -0.15) is 0 Å². The maximum absolute atomic E-state index is 11.6. The summed E-state index contributed by atoms with van der Waals surface area (Å²) < 4.78 is 0. The van der Waals surface area contributed by atoms with Crippen molar-refractivity contribution in [3.8, 4) is 0 Å². The molecule has 0 aromatic carbocycles. The number of rotatable bonds is 4. The van der Waals surface area contributed by atoms with E-state index in [1.807, 2.05) is 0 Å². The second-order valence-corrected chi connectivity index (χ2v) is 4.71. The number of aliphatic carboxylic acids is 1. The van der Waals surface area contributed by atoms with Crippen LogP contribution in [0.1, 0.15) is 19.3 Å². The van der Waals surface area contributed by atoms with Crippen molar-refractivity contribution in [3.05, 3.63) is 24.5 Å². The molecule has 1 aliphatic carbocycles. The van der Waals surface area contributed by atoms with Crippen LogP contribution < -0.4 is 10.6 Å². The van der Waals surface area contributed by atoms with Gasteiger partial charge in [0.05, 0.1) is 17.8 Å². The van der Waals surface area contributed by atoms with Gasteiger partial charge in [-0.15, -0.1) is 0 Å². The number of nitrogens with one attached hydrogen (secondary N) is 2. The molecule has 1 aromatic rings. The van der Waals surface area contributed by atoms with Crippen LogP contribution in [0.15, 0.2) is 24.5 Å². The first kappa shape index (κ1) is 13.3. The molecule has 0 radical (unpaired) electrons. The van der Waals surface area contributed by atoms with E-state index in [0.717, 1.165) is 12.8 Å². The third-order valence-electron chi connectivity index (χ3n) is 3.42. The van der Waals surface area contributed by atoms with Gasteiger partial charge in [0.25, 0.3) is 0 Å². The number of nitrogens with zero attached hydrogens (tertiary/aromatic N) is 1. The van der Waals surface area contributed by atoms with Crippen molar-refractivity contribution in [3.63, 3.8) is 0 Å². The molecule has 0 aliphatic heterocycles. The summed E-state index contributed by atoms with van der Waals surface area (Å²) in [6.07, 6.45) is 5.64. The first-order valence-electron chi connectivity index (χ1n) is 6.34. The zero-order valence-corrected chi connectivity index (χ0v) is 10.5. The van der Waals surface area contributed by atoms with Gasteiger partial charge < -0.3 is 15.7 Å². The maximum Gasteiger partial charge on any atom is 0.319 e. The summed E-state index contributed by atoms with van der Waals surface area (Å²) >= 11 is 0. The summed E-state index contributed by atoms with van der Waals surface area (Å²) in [4.78, 5) is 26.5. The Morgan fingerprint density at radius 2 is 2.26 bits per heavy atom. The summed E-state index contributed by atoms with van der Waals surface area (Å²) in [5.74, 6) is -1.08. The molecular formula is C13H17N3O3. The van der Waals surface area contributed by atoms with Crippen molar-refractivity contribution in [2.45, 2.75) is 19.3 Å². The quantitative estimate of drug-likeness (QED) is 0.771. The molecule has 1 heterocycles. The van der Waals surface area contributed by atoms with E-state index < -0.39 is 5.97 Å². The number of aromatic nitrogens is 1. The van der Waals surface area contributed by atoms with E-state index in [1.54, 1.807) is 24.5 Å². The fraction of sp³-hybridized carbons (Fsp3) is 0.462. The molecule has 3 N–H and O–H groups in total. The highest BCUT2D eigenvalue weighted by Crippen LogP contribution is 2.31. The summed E-state index contributed by atoms with van der Waals surface area (Å²) in [6.45, 7) is 0.392. The molecule has 1 aromatic heterocycles. The van der Waals surface area contributed by atoms with E-state index in [1.165, 1.54) is 0 Å². The van der Waals surface area contributed by atoms with Gasteiger partial charge in [0.1, 0.15) is 0 Å². The minimum absolute atomic E-state index is 0.0251. The monoisotopic (exact) mass is 263 g/mol. The van der Waals surface area contributed by atoms with Gasteiger partial charge in [0, 0.05) is 12.7 Å². The predicted molar refractivity (Wildman–Crippen MR) is 69.7 cm³/mol. The van der Waals surface area contributed by atoms with Crippen LogP contribution in [-0.2, 0) is 4.79 Å². The molecule has 6 heteroatoms. The van der Waals surface area contributed by atoms with Crippen molar-refractivity contribution >= 4 is 17.7 Å². The zero-order valence-electron chi connectivity index (χ0n) is 10.5. The van der Waals surface area contributed by atoms with Crippen molar-refractivity contribution < 1.29 is 14.7 Å². The Kier molecular flexibility index (Phi) is 4.33. The molecule has 1 fully saturated rings. The standard InChI is InChI=1S/C13H17N3O3/c17-12(18)11-5-1-3-9(11)7-15-13(19)16-10-4-2-6-14-8-10/h2,4,6,8-9,11H,1,3,5,7H2,(H,17,18)(H2,15,16,19). The number of pyridine rings is 1. The van der Waals surface area contributed by atoms with Crippen LogP contribution in [-0.4, -0.2) is 28.6 Å². The minimum atomic E-state index is -0.767. The number of carboxylic acids is 1. The van der Waals surface area contributed by atoms with Crippen molar-refractivity contribution in [1.29, 1.82) is 0 Å². The highest BCUT2D eigenvalue weighted by Gasteiger charge is 2.32. The number of anilines is 1. The van der Waals surface area contributed by atoms with Crippen LogP contribution in [0, 0.1) is 11.8 Å². The molecule has 2 amide bonds. The Morgan fingerprint density at radius 3 is 2.95 bits per heavy atom. The summed E-state index contributed by atoms with van der Waals surface area (Å²) in [5, 5.41) is 14.4. The maximum atomic E-state index is 11.6. The number of hydrogen-bond donors (Lipinski definition) is 3. The zero-order chi connectivity index (χ0) is 13.7. The van der Waals surface area contributed by atoms with E-state index in [0.29, 0.717) is 18.7 Å². The normalized spacial score (nSPS) is 21.9. The molecule has 0 bridgehead atoms. The molecule has 2 atom stereocenters. The van der Waals surface area contributed by atoms with Crippen molar-refractivity contribution in [2.75, 3.05) is 11.9 Å². The fourth-order valence-electron chi connectivity index (χ4n) is 2.44. The molecule has 2 rings (SSSR count). The molecule has 1 aliphatic rings. The van der Waals surface area contributed by atoms with E-state index in [2.05, 4.69) is 15.6 Å². The largest absolute Gasteiger partial charge is 0.481 e. The minimum Gasteiger partial charge on any atom is -0.481 e. The van der Waals surface area contributed by atoms with Crippen LogP contribution in [0.5, 0.6) is 0 Å². The molecule has 1 saturated carbocycles. The fourth-order valence-corrected chi connectivity index (χ4v) is 2.44. The lowest BCUT2D eigenvalue weighted by Gasteiger charge is -2.16. The van der Waals surface area contributed by atoms with Crippen LogP contribution in [0.25, 0.3) is 0 Å². The topological polar surface area (TPSA) is 91.3 Å². The third-order valence-corrected chi connectivity index (χ3v) is 3.42. The molecule has 6 nitrogen and oxygen atoms in total. The smallest absolute Gasteiger partial charge is 0.319 e. The Balaban J connectivity index is 1.79. The van der Waals surface area contributed by atoms with Crippen LogP contribution in [0.2, 0.25) is 0 Å². The highest BCUT2D eigenvalue weighted by molar-refractivity contribution is 5.89.